The third-order valence-corrected chi connectivity index (χ3v) is 2.75. The second kappa shape index (κ2) is 4.95. The Morgan fingerprint density at radius 2 is 2.17 bits per heavy atom. The molecule has 0 unspecified atom stereocenters. The van der Waals surface area contributed by atoms with Crippen LogP contribution >= 0.6 is 0 Å². The minimum Gasteiger partial charge on any atom is -0.384 e. The summed E-state index contributed by atoms with van der Waals surface area (Å²) in [4.78, 5) is 0. The molecule has 0 aliphatic rings. The summed E-state index contributed by atoms with van der Waals surface area (Å²) in [6.45, 7) is 4.10. The molecule has 6 nitrogen and oxygen atoms in total. The topological polar surface area (TPSA) is 93.5 Å². The fourth-order valence-electron chi connectivity index (χ4n) is 1.77. The van der Waals surface area contributed by atoms with Gasteiger partial charge in [-0.3, -0.25) is 5.41 Å². The van der Waals surface area contributed by atoms with Gasteiger partial charge < -0.3 is 5.73 Å². The molecule has 2 rings (SSSR count). The molecule has 2 heterocycles. The summed E-state index contributed by atoms with van der Waals surface area (Å²) < 4.78 is 1.72. The Bertz CT molecular complexity index is 572. The van der Waals surface area contributed by atoms with Gasteiger partial charge in [0.25, 0.3) is 0 Å². The van der Waals surface area contributed by atoms with Crippen LogP contribution in [0.25, 0.3) is 5.82 Å². The van der Waals surface area contributed by atoms with Gasteiger partial charge in [0.1, 0.15) is 5.84 Å². The van der Waals surface area contributed by atoms with E-state index >= 15 is 0 Å². The zero-order valence-electron chi connectivity index (χ0n) is 10.5. The zero-order chi connectivity index (χ0) is 13.1. The number of rotatable bonds is 4. The second-order valence-electron chi connectivity index (χ2n) is 3.93. The van der Waals surface area contributed by atoms with E-state index in [-0.39, 0.29) is 5.84 Å². The van der Waals surface area contributed by atoms with Crippen molar-refractivity contribution in [2.75, 3.05) is 0 Å². The molecule has 0 saturated heterocycles. The second-order valence-corrected chi connectivity index (χ2v) is 3.93. The van der Waals surface area contributed by atoms with Crippen LogP contribution in [0.5, 0.6) is 0 Å². The van der Waals surface area contributed by atoms with E-state index in [1.807, 2.05) is 6.07 Å². The smallest absolute Gasteiger partial charge is 0.186 e. The van der Waals surface area contributed by atoms with E-state index in [0.29, 0.717) is 11.4 Å². The lowest BCUT2D eigenvalue weighted by Crippen LogP contribution is -2.18. The molecule has 0 atom stereocenters. The largest absolute Gasteiger partial charge is 0.384 e. The highest BCUT2D eigenvalue weighted by Gasteiger charge is 2.14. The average molecular weight is 244 g/mol. The van der Waals surface area contributed by atoms with Gasteiger partial charge in [-0.15, -0.1) is 5.10 Å². The van der Waals surface area contributed by atoms with Gasteiger partial charge in [0.15, 0.2) is 5.82 Å². The van der Waals surface area contributed by atoms with Gasteiger partial charge in [0.05, 0.1) is 17.5 Å². The van der Waals surface area contributed by atoms with Crippen LogP contribution in [0.3, 0.4) is 0 Å². The molecule has 3 N–H and O–H groups in total. The summed E-state index contributed by atoms with van der Waals surface area (Å²) in [7, 11) is 0. The summed E-state index contributed by atoms with van der Waals surface area (Å²) in [5.74, 6) is 0.483. The summed E-state index contributed by atoms with van der Waals surface area (Å²) in [5.41, 5.74) is 8.13. The Labute approximate surface area is 105 Å². The van der Waals surface area contributed by atoms with Crippen LogP contribution in [-0.2, 0) is 12.8 Å². The van der Waals surface area contributed by atoms with Crippen LogP contribution in [0.1, 0.15) is 30.8 Å². The SMILES string of the molecule is CCc1cc(CC)n(-c2nnccc2C(=N)N)n1. The summed E-state index contributed by atoms with van der Waals surface area (Å²) in [5, 5.41) is 20.0. The Morgan fingerprint density at radius 1 is 1.39 bits per heavy atom. The van der Waals surface area contributed by atoms with Crippen molar-refractivity contribution in [3.8, 4) is 5.82 Å². The number of amidine groups is 1. The van der Waals surface area contributed by atoms with Gasteiger partial charge in [0, 0.05) is 5.69 Å². The highest BCUT2D eigenvalue weighted by Crippen LogP contribution is 2.14. The standard InChI is InChI=1S/C12H16N6/c1-3-8-7-9(4-2)18(17-8)12-10(11(13)14)5-6-15-16-12/h5-7H,3-4H2,1-2H3,(H3,13,14). The van der Waals surface area contributed by atoms with Crippen LogP contribution in [0, 0.1) is 5.41 Å². The quantitative estimate of drug-likeness (QED) is 0.621. The molecule has 2 aromatic rings. The van der Waals surface area contributed by atoms with Gasteiger partial charge >= 0.3 is 0 Å². The van der Waals surface area contributed by atoms with Gasteiger partial charge in [-0.25, -0.2) is 4.68 Å². The van der Waals surface area contributed by atoms with Crippen molar-refractivity contribution in [2.24, 2.45) is 5.73 Å². The van der Waals surface area contributed by atoms with Gasteiger partial charge in [-0.05, 0) is 25.0 Å². The van der Waals surface area contributed by atoms with E-state index in [2.05, 4.69) is 29.1 Å². The summed E-state index contributed by atoms with van der Waals surface area (Å²) >= 11 is 0. The Balaban J connectivity index is 2.61. The van der Waals surface area contributed by atoms with Crippen LogP contribution in [-0.4, -0.2) is 25.8 Å². The fraction of sp³-hybridized carbons (Fsp3) is 0.333. The summed E-state index contributed by atoms with van der Waals surface area (Å²) in [6.07, 6.45) is 3.21. The molecule has 94 valence electrons. The van der Waals surface area contributed by atoms with Crippen molar-refractivity contribution in [2.45, 2.75) is 26.7 Å². The monoisotopic (exact) mass is 244 g/mol. The molecule has 0 radical (unpaired) electrons. The highest BCUT2D eigenvalue weighted by atomic mass is 15.3. The van der Waals surface area contributed by atoms with E-state index in [1.165, 1.54) is 6.20 Å². The molecule has 18 heavy (non-hydrogen) atoms. The molecule has 0 aliphatic heterocycles. The van der Waals surface area contributed by atoms with Crippen molar-refractivity contribution in [3.63, 3.8) is 0 Å². The Morgan fingerprint density at radius 3 is 2.78 bits per heavy atom. The van der Waals surface area contributed by atoms with Crippen LogP contribution in [0.4, 0.5) is 0 Å². The molecule has 0 spiro atoms. The van der Waals surface area contributed by atoms with Crippen LogP contribution in [0.15, 0.2) is 18.3 Å². The maximum Gasteiger partial charge on any atom is 0.186 e. The number of nitrogens with one attached hydrogen (secondary N) is 1. The predicted molar refractivity (Wildman–Crippen MR) is 68.9 cm³/mol. The van der Waals surface area contributed by atoms with E-state index in [9.17, 15) is 0 Å². The van der Waals surface area contributed by atoms with Gasteiger partial charge in [-0.2, -0.15) is 10.2 Å². The first kappa shape index (κ1) is 12.2. The molecule has 0 aromatic carbocycles. The van der Waals surface area contributed by atoms with E-state index in [0.717, 1.165) is 24.2 Å². The number of hydrogen-bond donors (Lipinski definition) is 2. The number of aryl methyl sites for hydroxylation is 2. The summed E-state index contributed by atoms with van der Waals surface area (Å²) in [6, 6.07) is 3.72. The first-order valence-electron chi connectivity index (χ1n) is 5.91. The molecule has 2 aromatic heterocycles. The molecule has 0 aliphatic carbocycles. The van der Waals surface area contributed by atoms with Crippen LogP contribution < -0.4 is 5.73 Å². The maximum atomic E-state index is 7.57. The number of nitrogen functional groups attached to an aromatic ring is 1. The van der Waals surface area contributed by atoms with Crippen molar-refractivity contribution < 1.29 is 0 Å². The Kier molecular flexibility index (Phi) is 3.36. The number of nitrogens with zero attached hydrogens (tertiary/aromatic N) is 4. The van der Waals surface area contributed by atoms with Crippen molar-refractivity contribution in [1.82, 2.24) is 20.0 Å². The molecule has 0 saturated carbocycles. The third-order valence-electron chi connectivity index (χ3n) is 2.75. The number of hydrogen-bond acceptors (Lipinski definition) is 4. The molecule has 0 bridgehead atoms. The van der Waals surface area contributed by atoms with Gasteiger partial charge in [0.2, 0.25) is 0 Å². The number of aromatic nitrogens is 4. The van der Waals surface area contributed by atoms with Crippen molar-refractivity contribution in [3.05, 3.63) is 35.3 Å². The van der Waals surface area contributed by atoms with Gasteiger partial charge in [-0.1, -0.05) is 13.8 Å². The van der Waals surface area contributed by atoms with E-state index < -0.39 is 0 Å². The lowest BCUT2D eigenvalue weighted by molar-refractivity contribution is 0.752. The zero-order valence-corrected chi connectivity index (χ0v) is 10.5. The normalized spacial score (nSPS) is 10.6. The Hall–Kier alpha value is -2.24. The lowest BCUT2D eigenvalue weighted by Gasteiger charge is -2.08. The minimum atomic E-state index is -0.0319. The number of nitrogens with two attached hydrogens (primary N) is 1. The maximum absolute atomic E-state index is 7.57. The van der Waals surface area contributed by atoms with Crippen LogP contribution in [0.2, 0.25) is 0 Å². The first-order chi connectivity index (χ1) is 8.67. The van der Waals surface area contributed by atoms with Crippen molar-refractivity contribution in [1.29, 1.82) is 5.41 Å². The molecule has 0 amide bonds. The third kappa shape index (κ3) is 2.09. The molecule has 0 fully saturated rings. The molecular weight excluding hydrogens is 228 g/mol. The molecule has 6 heteroatoms. The molecular formula is C12H16N6. The lowest BCUT2D eigenvalue weighted by atomic mass is 10.2. The minimum absolute atomic E-state index is 0.0319. The highest BCUT2D eigenvalue weighted by molar-refractivity contribution is 5.97. The first-order valence-corrected chi connectivity index (χ1v) is 5.91. The van der Waals surface area contributed by atoms with E-state index in [1.54, 1.807) is 10.7 Å². The average Bonchev–Trinajstić information content (AvgIpc) is 2.81. The predicted octanol–water partition coefficient (Wildman–Crippen LogP) is 1.07. The fourth-order valence-corrected chi connectivity index (χ4v) is 1.77. The van der Waals surface area contributed by atoms with Crippen molar-refractivity contribution >= 4 is 5.84 Å². The van der Waals surface area contributed by atoms with E-state index in [4.69, 9.17) is 11.1 Å².